The van der Waals surface area contributed by atoms with Gasteiger partial charge in [-0.1, -0.05) is 78.1 Å². The van der Waals surface area contributed by atoms with Gasteiger partial charge in [0.15, 0.2) is 0 Å². The van der Waals surface area contributed by atoms with Crippen LogP contribution in [-0.2, 0) is 14.3 Å². The Hall–Kier alpha value is -1.79. The van der Waals surface area contributed by atoms with E-state index in [0.717, 1.165) is 30.6 Å². The Morgan fingerprint density at radius 3 is 1.62 bits per heavy atom. The second kappa shape index (κ2) is 17.7. The molecule has 0 saturated carbocycles. The fourth-order valence-corrected chi connectivity index (χ4v) is 3.44. The van der Waals surface area contributed by atoms with Crippen molar-refractivity contribution >= 4 is 18.0 Å². The van der Waals surface area contributed by atoms with Crippen molar-refractivity contribution in [1.82, 2.24) is 9.80 Å². The highest BCUT2D eigenvalue weighted by atomic mass is 16.6. The molecular formula is C25H48N2O5. The Labute approximate surface area is 195 Å². The predicted molar refractivity (Wildman–Crippen MR) is 129 cm³/mol. The molecule has 2 amide bonds. The van der Waals surface area contributed by atoms with E-state index in [4.69, 9.17) is 9.84 Å². The Morgan fingerprint density at radius 1 is 0.688 bits per heavy atom. The minimum absolute atomic E-state index is 0.221. The molecule has 0 aliphatic heterocycles. The van der Waals surface area contributed by atoms with E-state index in [1.54, 1.807) is 25.7 Å². The van der Waals surface area contributed by atoms with Crippen LogP contribution in [0, 0.1) is 0 Å². The smallest absolute Gasteiger partial charge is 0.411 e. The van der Waals surface area contributed by atoms with E-state index in [-0.39, 0.29) is 12.5 Å². The molecule has 0 aromatic carbocycles. The van der Waals surface area contributed by atoms with Crippen LogP contribution in [-0.4, -0.2) is 64.7 Å². The molecule has 0 aromatic rings. The molecule has 0 saturated heterocycles. The normalized spacial score (nSPS) is 11.3. The van der Waals surface area contributed by atoms with Crippen LogP contribution in [0.1, 0.15) is 112 Å². The summed E-state index contributed by atoms with van der Waals surface area (Å²) >= 11 is 0. The summed E-state index contributed by atoms with van der Waals surface area (Å²) in [5.74, 6) is -1.39. The first-order chi connectivity index (χ1) is 15.1. The lowest BCUT2D eigenvalue weighted by atomic mass is 10.1. The van der Waals surface area contributed by atoms with Crippen molar-refractivity contribution in [3.63, 3.8) is 0 Å². The van der Waals surface area contributed by atoms with Crippen LogP contribution in [0.3, 0.4) is 0 Å². The Balaban J connectivity index is 4.56. The van der Waals surface area contributed by atoms with Crippen LogP contribution in [0.25, 0.3) is 0 Å². The molecule has 32 heavy (non-hydrogen) atoms. The summed E-state index contributed by atoms with van der Waals surface area (Å²) in [4.78, 5) is 39.2. The summed E-state index contributed by atoms with van der Waals surface area (Å²) in [6.07, 6.45) is 13.4. The largest absolute Gasteiger partial charge is 0.480 e. The van der Waals surface area contributed by atoms with E-state index in [1.165, 1.54) is 51.4 Å². The average Bonchev–Trinajstić information content (AvgIpc) is 2.69. The number of nitrogens with zero attached hydrogens (tertiary/aromatic N) is 2. The van der Waals surface area contributed by atoms with Gasteiger partial charge in [-0.15, -0.1) is 0 Å². The topological polar surface area (TPSA) is 87.2 Å². The van der Waals surface area contributed by atoms with Gasteiger partial charge in [0.25, 0.3) is 0 Å². The van der Waals surface area contributed by atoms with Gasteiger partial charge < -0.3 is 14.7 Å². The van der Waals surface area contributed by atoms with Gasteiger partial charge in [-0.05, 0) is 33.6 Å². The summed E-state index contributed by atoms with van der Waals surface area (Å²) in [5, 5.41) is 9.15. The standard InChI is InChI=1S/C25H48N2O5/c1-6-8-10-11-12-13-14-15-16-17-19-26(18-9-7-2)22(28)20-27(21-23(29)30)24(31)32-25(3,4)5/h6-21H2,1-5H3,(H,29,30). The summed E-state index contributed by atoms with van der Waals surface area (Å²) in [7, 11) is 0. The molecular weight excluding hydrogens is 408 g/mol. The number of unbranched alkanes of at least 4 members (excludes halogenated alkanes) is 10. The summed E-state index contributed by atoms with van der Waals surface area (Å²) in [5.41, 5.74) is -0.755. The van der Waals surface area contributed by atoms with Gasteiger partial charge >= 0.3 is 12.1 Å². The van der Waals surface area contributed by atoms with Crippen LogP contribution in [0.15, 0.2) is 0 Å². The Morgan fingerprint density at radius 2 is 1.16 bits per heavy atom. The SMILES string of the molecule is CCCCCCCCCCCCN(CCCC)C(=O)CN(CC(=O)O)C(=O)OC(C)(C)C. The fourth-order valence-electron chi connectivity index (χ4n) is 3.44. The van der Waals surface area contributed by atoms with Crippen molar-refractivity contribution in [3.8, 4) is 0 Å². The van der Waals surface area contributed by atoms with Crippen molar-refractivity contribution in [3.05, 3.63) is 0 Å². The number of hydrogen-bond donors (Lipinski definition) is 1. The van der Waals surface area contributed by atoms with Crippen molar-refractivity contribution in [2.75, 3.05) is 26.2 Å². The molecule has 0 aliphatic rings. The van der Waals surface area contributed by atoms with Gasteiger partial charge in [0, 0.05) is 13.1 Å². The molecule has 0 atom stereocenters. The highest BCUT2D eigenvalue weighted by Crippen LogP contribution is 2.13. The zero-order chi connectivity index (χ0) is 24.4. The lowest BCUT2D eigenvalue weighted by molar-refractivity contribution is -0.139. The van der Waals surface area contributed by atoms with Crippen LogP contribution in [0.2, 0.25) is 0 Å². The minimum Gasteiger partial charge on any atom is -0.480 e. The van der Waals surface area contributed by atoms with Gasteiger partial charge in [-0.3, -0.25) is 14.5 Å². The number of carbonyl (C=O) groups excluding carboxylic acids is 2. The van der Waals surface area contributed by atoms with Crippen molar-refractivity contribution in [1.29, 1.82) is 0 Å². The summed E-state index contributed by atoms with van der Waals surface area (Å²) in [6.45, 7) is 9.88. The van der Waals surface area contributed by atoms with Crippen LogP contribution in [0.4, 0.5) is 4.79 Å². The highest BCUT2D eigenvalue weighted by Gasteiger charge is 2.27. The van der Waals surface area contributed by atoms with Crippen molar-refractivity contribution in [2.45, 2.75) is 117 Å². The van der Waals surface area contributed by atoms with Gasteiger partial charge in [0.1, 0.15) is 18.7 Å². The van der Waals surface area contributed by atoms with E-state index >= 15 is 0 Å². The fraction of sp³-hybridized carbons (Fsp3) is 0.880. The van der Waals surface area contributed by atoms with Gasteiger partial charge in [0.2, 0.25) is 5.91 Å². The molecule has 188 valence electrons. The zero-order valence-electron chi connectivity index (χ0n) is 21.3. The average molecular weight is 457 g/mol. The van der Waals surface area contributed by atoms with Gasteiger partial charge in [-0.25, -0.2) is 4.79 Å². The second-order valence-electron chi connectivity index (χ2n) is 9.65. The lowest BCUT2D eigenvalue weighted by Crippen LogP contribution is -2.47. The second-order valence-corrected chi connectivity index (χ2v) is 9.65. The summed E-state index contributed by atoms with van der Waals surface area (Å²) in [6, 6.07) is 0. The van der Waals surface area contributed by atoms with E-state index in [0.29, 0.717) is 13.1 Å². The molecule has 0 rings (SSSR count). The molecule has 0 radical (unpaired) electrons. The minimum atomic E-state index is -1.17. The number of ether oxygens (including phenoxy) is 1. The molecule has 1 N–H and O–H groups in total. The number of hydrogen-bond acceptors (Lipinski definition) is 4. The van der Waals surface area contributed by atoms with Crippen LogP contribution >= 0.6 is 0 Å². The number of carboxylic acid groups (broad SMARTS) is 1. The van der Waals surface area contributed by atoms with Gasteiger partial charge in [-0.2, -0.15) is 0 Å². The molecule has 7 nitrogen and oxygen atoms in total. The first-order valence-electron chi connectivity index (χ1n) is 12.6. The molecule has 0 fully saturated rings. The highest BCUT2D eigenvalue weighted by molar-refractivity contribution is 5.84. The monoisotopic (exact) mass is 456 g/mol. The number of rotatable bonds is 18. The Kier molecular flexibility index (Phi) is 16.7. The Bertz CT molecular complexity index is 531. The maximum atomic E-state index is 12.9. The first-order valence-corrected chi connectivity index (χ1v) is 12.6. The zero-order valence-corrected chi connectivity index (χ0v) is 21.3. The van der Waals surface area contributed by atoms with E-state index in [9.17, 15) is 14.4 Å². The summed E-state index contributed by atoms with van der Waals surface area (Å²) < 4.78 is 5.28. The van der Waals surface area contributed by atoms with E-state index < -0.39 is 24.2 Å². The molecule has 0 spiro atoms. The lowest BCUT2D eigenvalue weighted by Gasteiger charge is -2.29. The van der Waals surface area contributed by atoms with E-state index in [1.807, 2.05) is 0 Å². The number of carboxylic acids is 1. The third-order valence-electron chi connectivity index (χ3n) is 5.22. The maximum Gasteiger partial charge on any atom is 0.411 e. The molecule has 0 bridgehead atoms. The quantitative estimate of drug-likeness (QED) is 0.261. The number of carbonyl (C=O) groups is 3. The number of aliphatic carboxylic acids is 1. The molecule has 0 unspecified atom stereocenters. The maximum absolute atomic E-state index is 12.9. The predicted octanol–water partition coefficient (Wildman–Crippen LogP) is 5.86. The molecule has 0 heterocycles. The van der Waals surface area contributed by atoms with Crippen molar-refractivity contribution < 1.29 is 24.2 Å². The first kappa shape index (κ1) is 30.2. The van der Waals surface area contributed by atoms with Crippen molar-refractivity contribution in [2.24, 2.45) is 0 Å². The molecule has 0 aliphatic carbocycles. The van der Waals surface area contributed by atoms with Crippen LogP contribution in [0.5, 0.6) is 0 Å². The third kappa shape index (κ3) is 16.8. The number of amides is 2. The van der Waals surface area contributed by atoms with Gasteiger partial charge in [0.05, 0.1) is 0 Å². The van der Waals surface area contributed by atoms with E-state index in [2.05, 4.69) is 13.8 Å². The molecule has 0 aromatic heterocycles. The molecule has 7 heteroatoms. The third-order valence-corrected chi connectivity index (χ3v) is 5.22. The van der Waals surface area contributed by atoms with Crippen LogP contribution < -0.4 is 0 Å².